The fraction of sp³-hybridized carbons (Fsp3) is 0.917. The van der Waals surface area contributed by atoms with Crippen LogP contribution in [0.2, 0.25) is 0 Å². The number of rotatable bonds is 4. The minimum Gasteiger partial charge on any atom is -0.481 e. The molecule has 0 heterocycles. The van der Waals surface area contributed by atoms with Crippen molar-refractivity contribution >= 4 is 5.97 Å². The third-order valence-electron chi connectivity index (χ3n) is 3.97. The zero-order chi connectivity index (χ0) is 11.6. The quantitative estimate of drug-likeness (QED) is 0.751. The molecule has 0 aliphatic heterocycles. The summed E-state index contributed by atoms with van der Waals surface area (Å²) in [5, 5.41) is 8.93. The number of carboxylic acids is 1. The Morgan fingerprint density at radius 1 is 1.53 bits per heavy atom. The highest BCUT2D eigenvalue weighted by molar-refractivity contribution is 5.67. The number of hydrogen-bond acceptors (Lipinski definition) is 2. The molecular formula is C12H23NO2. The SMILES string of the molecule is CC(C)C1CC(CN)(CC(=O)O)CC1C. The molecule has 88 valence electrons. The zero-order valence-corrected chi connectivity index (χ0v) is 9.99. The van der Waals surface area contributed by atoms with E-state index < -0.39 is 5.97 Å². The predicted octanol–water partition coefficient (Wildman–Crippen LogP) is 2.11. The summed E-state index contributed by atoms with van der Waals surface area (Å²) in [7, 11) is 0. The van der Waals surface area contributed by atoms with Crippen LogP contribution in [0.5, 0.6) is 0 Å². The fourth-order valence-corrected chi connectivity index (χ4v) is 3.22. The number of hydrogen-bond donors (Lipinski definition) is 2. The molecule has 3 heteroatoms. The number of carboxylic acid groups (broad SMARTS) is 1. The van der Waals surface area contributed by atoms with Crippen LogP contribution in [-0.2, 0) is 4.79 Å². The molecule has 3 nitrogen and oxygen atoms in total. The van der Waals surface area contributed by atoms with Crippen LogP contribution in [0.25, 0.3) is 0 Å². The van der Waals surface area contributed by atoms with Gasteiger partial charge in [-0.15, -0.1) is 0 Å². The monoisotopic (exact) mass is 213 g/mol. The van der Waals surface area contributed by atoms with Crippen molar-refractivity contribution in [2.45, 2.75) is 40.0 Å². The van der Waals surface area contributed by atoms with E-state index in [1.54, 1.807) is 0 Å². The Balaban J connectivity index is 2.74. The van der Waals surface area contributed by atoms with Crippen LogP contribution >= 0.6 is 0 Å². The van der Waals surface area contributed by atoms with Crippen LogP contribution in [-0.4, -0.2) is 17.6 Å². The van der Waals surface area contributed by atoms with E-state index in [9.17, 15) is 4.79 Å². The van der Waals surface area contributed by atoms with Crippen LogP contribution < -0.4 is 5.73 Å². The Bertz CT molecular complexity index is 240. The van der Waals surface area contributed by atoms with Gasteiger partial charge in [-0.25, -0.2) is 0 Å². The number of aliphatic carboxylic acids is 1. The molecule has 3 atom stereocenters. The van der Waals surface area contributed by atoms with Crippen LogP contribution in [0, 0.1) is 23.2 Å². The molecule has 0 aromatic heterocycles. The van der Waals surface area contributed by atoms with Crippen molar-refractivity contribution in [2.24, 2.45) is 28.9 Å². The first-order valence-electron chi connectivity index (χ1n) is 5.82. The normalized spacial score (nSPS) is 36.1. The Hall–Kier alpha value is -0.570. The Morgan fingerprint density at radius 3 is 2.47 bits per heavy atom. The molecule has 0 saturated heterocycles. The molecule has 0 amide bonds. The lowest BCUT2D eigenvalue weighted by molar-refractivity contribution is -0.139. The van der Waals surface area contributed by atoms with E-state index >= 15 is 0 Å². The molecule has 0 spiro atoms. The van der Waals surface area contributed by atoms with Crippen molar-refractivity contribution in [3.8, 4) is 0 Å². The van der Waals surface area contributed by atoms with Gasteiger partial charge in [-0.2, -0.15) is 0 Å². The van der Waals surface area contributed by atoms with Crippen molar-refractivity contribution in [2.75, 3.05) is 6.54 Å². The molecule has 0 bridgehead atoms. The summed E-state index contributed by atoms with van der Waals surface area (Å²) in [5.41, 5.74) is 5.64. The van der Waals surface area contributed by atoms with Gasteiger partial charge in [-0.3, -0.25) is 4.79 Å². The van der Waals surface area contributed by atoms with Crippen molar-refractivity contribution in [3.63, 3.8) is 0 Å². The first-order chi connectivity index (χ1) is 6.90. The van der Waals surface area contributed by atoms with Crippen LogP contribution in [0.15, 0.2) is 0 Å². The van der Waals surface area contributed by atoms with Crippen molar-refractivity contribution in [3.05, 3.63) is 0 Å². The average Bonchev–Trinajstić information content (AvgIpc) is 2.43. The minimum absolute atomic E-state index is 0.139. The molecular weight excluding hydrogens is 190 g/mol. The third-order valence-corrected chi connectivity index (χ3v) is 3.97. The second-order valence-corrected chi connectivity index (χ2v) is 5.57. The highest BCUT2D eigenvalue weighted by atomic mass is 16.4. The number of carbonyl (C=O) groups is 1. The van der Waals surface area contributed by atoms with E-state index in [4.69, 9.17) is 10.8 Å². The van der Waals surface area contributed by atoms with Crippen molar-refractivity contribution in [1.82, 2.24) is 0 Å². The van der Waals surface area contributed by atoms with E-state index in [2.05, 4.69) is 20.8 Å². The van der Waals surface area contributed by atoms with E-state index in [1.807, 2.05) is 0 Å². The molecule has 0 aromatic carbocycles. The summed E-state index contributed by atoms with van der Waals surface area (Å²) in [6.07, 6.45) is 2.18. The van der Waals surface area contributed by atoms with E-state index in [0.29, 0.717) is 24.3 Å². The molecule has 1 aliphatic carbocycles. The molecule has 1 fully saturated rings. The van der Waals surface area contributed by atoms with Gasteiger partial charge in [0.15, 0.2) is 0 Å². The molecule has 3 unspecified atom stereocenters. The van der Waals surface area contributed by atoms with Gasteiger partial charge < -0.3 is 10.8 Å². The lowest BCUT2D eigenvalue weighted by atomic mass is 9.80. The largest absolute Gasteiger partial charge is 0.481 e. The summed E-state index contributed by atoms with van der Waals surface area (Å²) in [5.74, 6) is 1.15. The highest BCUT2D eigenvalue weighted by Gasteiger charge is 2.44. The summed E-state index contributed by atoms with van der Waals surface area (Å²) in [6, 6.07) is 0. The molecule has 1 aliphatic rings. The smallest absolute Gasteiger partial charge is 0.303 e. The van der Waals surface area contributed by atoms with Crippen LogP contribution in [0.1, 0.15) is 40.0 Å². The fourth-order valence-electron chi connectivity index (χ4n) is 3.22. The van der Waals surface area contributed by atoms with Crippen molar-refractivity contribution < 1.29 is 9.90 Å². The Kier molecular flexibility index (Phi) is 3.77. The van der Waals surface area contributed by atoms with Gasteiger partial charge in [0.1, 0.15) is 0 Å². The summed E-state index contributed by atoms with van der Waals surface area (Å²) in [6.45, 7) is 7.17. The summed E-state index contributed by atoms with van der Waals surface area (Å²) >= 11 is 0. The first-order valence-corrected chi connectivity index (χ1v) is 5.82. The third kappa shape index (κ3) is 2.71. The van der Waals surface area contributed by atoms with Gasteiger partial charge in [0.05, 0.1) is 6.42 Å². The van der Waals surface area contributed by atoms with E-state index in [-0.39, 0.29) is 11.8 Å². The topological polar surface area (TPSA) is 63.3 Å². The van der Waals surface area contributed by atoms with Gasteiger partial charge in [0, 0.05) is 0 Å². The molecule has 0 radical (unpaired) electrons. The van der Waals surface area contributed by atoms with Crippen molar-refractivity contribution in [1.29, 1.82) is 0 Å². The van der Waals surface area contributed by atoms with Gasteiger partial charge in [0.25, 0.3) is 0 Å². The maximum absolute atomic E-state index is 10.8. The molecule has 1 rings (SSSR count). The standard InChI is InChI=1S/C12H23NO2/c1-8(2)10-5-12(7-13,4-9(10)3)6-11(14)15/h8-10H,4-7,13H2,1-3H3,(H,14,15). The molecule has 3 N–H and O–H groups in total. The van der Waals surface area contributed by atoms with E-state index in [1.165, 1.54) is 0 Å². The zero-order valence-electron chi connectivity index (χ0n) is 9.99. The highest BCUT2D eigenvalue weighted by Crippen LogP contribution is 2.49. The van der Waals surface area contributed by atoms with Gasteiger partial charge in [-0.1, -0.05) is 20.8 Å². The van der Waals surface area contributed by atoms with Gasteiger partial charge in [-0.05, 0) is 42.6 Å². The van der Waals surface area contributed by atoms with Gasteiger partial charge in [0.2, 0.25) is 0 Å². The van der Waals surface area contributed by atoms with Crippen LogP contribution in [0.4, 0.5) is 0 Å². The molecule has 15 heavy (non-hydrogen) atoms. The van der Waals surface area contributed by atoms with Gasteiger partial charge >= 0.3 is 5.97 Å². The van der Waals surface area contributed by atoms with Crippen LogP contribution in [0.3, 0.4) is 0 Å². The molecule has 1 saturated carbocycles. The predicted molar refractivity (Wildman–Crippen MR) is 60.5 cm³/mol. The van der Waals surface area contributed by atoms with E-state index in [0.717, 1.165) is 12.8 Å². The summed E-state index contributed by atoms with van der Waals surface area (Å²) in [4.78, 5) is 10.8. The first kappa shape index (κ1) is 12.5. The maximum atomic E-state index is 10.8. The lowest BCUT2D eigenvalue weighted by Gasteiger charge is -2.26. The minimum atomic E-state index is -0.711. The second kappa shape index (κ2) is 4.52. The second-order valence-electron chi connectivity index (χ2n) is 5.57. The maximum Gasteiger partial charge on any atom is 0.303 e. The Morgan fingerprint density at radius 2 is 2.13 bits per heavy atom. The Labute approximate surface area is 92.0 Å². The lowest BCUT2D eigenvalue weighted by Crippen LogP contribution is -2.31. The molecule has 0 aromatic rings. The summed E-state index contributed by atoms with van der Waals surface area (Å²) < 4.78 is 0. The average molecular weight is 213 g/mol. The number of nitrogens with two attached hydrogens (primary N) is 1.